The minimum Gasteiger partial charge on any atom is -0.457 e. The van der Waals surface area contributed by atoms with Crippen molar-refractivity contribution < 1.29 is 22.7 Å². The van der Waals surface area contributed by atoms with Crippen molar-refractivity contribution in [2.24, 2.45) is 0 Å². The molecule has 38 heavy (non-hydrogen) atoms. The lowest BCUT2D eigenvalue weighted by atomic mass is 10.1. The van der Waals surface area contributed by atoms with Crippen molar-refractivity contribution in [3.63, 3.8) is 0 Å². The van der Waals surface area contributed by atoms with Gasteiger partial charge in [0.25, 0.3) is 0 Å². The van der Waals surface area contributed by atoms with Crippen molar-refractivity contribution in [1.29, 1.82) is 0 Å². The van der Waals surface area contributed by atoms with E-state index in [1.54, 1.807) is 31.2 Å². The molecule has 9 heteroatoms. The van der Waals surface area contributed by atoms with Crippen LogP contribution in [0.15, 0.2) is 84.9 Å². The smallest absolute Gasteiger partial charge is 0.244 e. The van der Waals surface area contributed by atoms with Crippen LogP contribution in [0.2, 0.25) is 0 Å². The third kappa shape index (κ3) is 8.34. The largest absolute Gasteiger partial charge is 0.457 e. The van der Waals surface area contributed by atoms with E-state index >= 15 is 0 Å². The molecular formula is C29H35N3O5S. The van der Waals surface area contributed by atoms with E-state index in [0.29, 0.717) is 23.7 Å². The summed E-state index contributed by atoms with van der Waals surface area (Å²) in [5.74, 6) is 0.416. The van der Waals surface area contributed by atoms with Gasteiger partial charge >= 0.3 is 0 Å². The number of carbonyl (C=O) groups excluding carboxylic acids is 2. The number of nitrogens with zero attached hydrogens (tertiary/aromatic N) is 2. The summed E-state index contributed by atoms with van der Waals surface area (Å²) < 4.78 is 32.3. The Morgan fingerprint density at radius 1 is 0.895 bits per heavy atom. The van der Waals surface area contributed by atoms with Crippen molar-refractivity contribution in [2.75, 3.05) is 23.7 Å². The van der Waals surface area contributed by atoms with Crippen LogP contribution in [0.4, 0.5) is 5.69 Å². The number of benzene rings is 3. The number of nitrogens with one attached hydrogen (secondary N) is 1. The van der Waals surface area contributed by atoms with Crippen LogP contribution >= 0.6 is 0 Å². The minimum absolute atomic E-state index is 0.170. The predicted octanol–water partition coefficient (Wildman–Crippen LogP) is 4.58. The Morgan fingerprint density at radius 2 is 1.47 bits per heavy atom. The molecule has 0 bridgehead atoms. The molecule has 0 aromatic heterocycles. The molecular weight excluding hydrogens is 502 g/mol. The SMILES string of the molecule is CCCCNC(=O)[C@@H](C)N(Cc1ccccc1)C(=O)CN(c1ccc(Oc2ccccc2)cc1)S(C)(=O)=O. The fraction of sp³-hybridized carbons (Fsp3) is 0.310. The van der Waals surface area contributed by atoms with E-state index in [1.807, 2.05) is 67.6 Å². The first-order valence-electron chi connectivity index (χ1n) is 12.6. The molecule has 8 nitrogen and oxygen atoms in total. The Labute approximate surface area is 225 Å². The van der Waals surface area contributed by atoms with Crippen LogP contribution in [0.25, 0.3) is 0 Å². The van der Waals surface area contributed by atoms with Crippen LogP contribution in [-0.2, 0) is 26.2 Å². The average Bonchev–Trinajstić information content (AvgIpc) is 2.91. The predicted molar refractivity (Wildman–Crippen MR) is 150 cm³/mol. The van der Waals surface area contributed by atoms with E-state index in [2.05, 4.69) is 5.32 Å². The second-order valence-corrected chi connectivity index (χ2v) is 10.9. The van der Waals surface area contributed by atoms with Crippen LogP contribution in [0, 0.1) is 0 Å². The summed E-state index contributed by atoms with van der Waals surface area (Å²) in [5.41, 5.74) is 1.16. The third-order valence-electron chi connectivity index (χ3n) is 5.98. The second kappa shape index (κ2) is 13.6. The van der Waals surface area contributed by atoms with Gasteiger partial charge in [-0.2, -0.15) is 0 Å². The summed E-state index contributed by atoms with van der Waals surface area (Å²) in [4.78, 5) is 27.8. The number of carbonyl (C=O) groups is 2. The first kappa shape index (κ1) is 28.7. The minimum atomic E-state index is -3.81. The molecule has 1 N–H and O–H groups in total. The summed E-state index contributed by atoms with van der Waals surface area (Å²) in [7, 11) is -3.81. The normalized spacial score (nSPS) is 11.9. The zero-order chi connectivity index (χ0) is 27.5. The Kier molecular flexibility index (Phi) is 10.3. The van der Waals surface area contributed by atoms with Gasteiger partial charge in [-0.15, -0.1) is 0 Å². The molecule has 3 rings (SSSR count). The van der Waals surface area contributed by atoms with Gasteiger partial charge in [0, 0.05) is 13.1 Å². The van der Waals surface area contributed by atoms with E-state index in [0.717, 1.165) is 29.0 Å². The molecule has 0 aliphatic heterocycles. The van der Waals surface area contributed by atoms with Gasteiger partial charge in [0.1, 0.15) is 24.1 Å². The number of para-hydroxylation sites is 1. The lowest BCUT2D eigenvalue weighted by Crippen LogP contribution is -2.51. The number of rotatable bonds is 13. The molecule has 0 saturated heterocycles. The van der Waals surface area contributed by atoms with Crippen molar-refractivity contribution in [1.82, 2.24) is 10.2 Å². The van der Waals surface area contributed by atoms with E-state index in [-0.39, 0.29) is 12.5 Å². The van der Waals surface area contributed by atoms with Crippen LogP contribution in [-0.4, -0.2) is 50.5 Å². The summed E-state index contributed by atoms with van der Waals surface area (Å²) in [6, 6.07) is 24.2. The topological polar surface area (TPSA) is 96.0 Å². The van der Waals surface area contributed by atoms with Gasteiger partial charge in [0.05, 0.1) is 11.9 Å². The van der Waals surface area contributed by atoms with Gasteiger partial charge in [0.15, 0.2) is 0 Å². The van der Waals surface area contributed by atoms with Crippen LogP contribution < -0.4 is 14.4 Å². The number of hydrogen-bond acceptors (Lipinski definition) is 5. The van der Waals surface area contributed by atoms with E-state index < -0.39 is 28.5 Å². The fourth-order valence-electron chi connectivity index (χ4n) is 3.82. The molecule has 3 aromatic carbocycles. The zero-order valence-electron chi connectivity index (χ0n) is 22.0. The first-order chi connectivity index (χ1) is 18.2. The second-order valence-electron chi connectivity index (χ2n) is 9.01. The maximum absolute atomic E-state index is 13.6. The van der Waals surface area contributed by atoms with E-state index in [9.17, 15) is 18.0 Å². The molecule has 3 aromatic rings. The van der Waals surface area contributed by atoms with Gasteiger partial charge in [-0.05, 0) is 55.3 Å². The van der Waals surface area contributed by atoms with E-state index in [4.69, 9.17) is 4.74 Å². The van der Waals surface area contributed by atoms with Gasteiger partial charge in [0.2, 0.25) is 21.8 Å². The highest BCUT2D eigenvalue weighted by Gasteiger charge is 2.30. The molecule has 202 valence electrons. The number of ether oxygens (including phenoxy) is 1. The van der Waals surface area contributed by atoms with Crippen LogP contribution in [0.1, 0.15) is 32.3 Å². The highest BCUT2D eigenvalue weighted by molar-refractivity contribution is 7.92. The van der Waals surface area contributed by atoms with Crippen LogP contribution in [0.5, 0.6) is 11.5 Å². The van der Waals surface area contributed by atoms with Gasteiger partial charge in [-0.1, -0.05) is 61.9 Å². The maximum Gasteiger partial charge on any atom is 0.244 e. The maximum atomic E-state index is 13.6. The lowest BCUT2D eigenvalue weighted by molar-refractivity contribution is -0.139. The van der Waals surface area contributed by atoms with Crippen molar-refractivity contribution >= 4 is 27.5 Å². The quantitative estimate of drug-likeness (QED) is 0.322. The van der Waals surface area contributed by atoms with Crippen molar-refractivity contribution in [3.8, 4) is 11.5 Å². The molecule has 0 heterocycles. The van der Waals surface area contributed by atoms with Gasteiger partial charge in [-0.3, -0.25) is 13.9 Å². The molecule has 0 aliphatic rings. The van der Waals surface area contributed by atoms with Gasteiger partial charge in [-0.25, -0.2) is 8.42 Å². The Hall–Kier alpha value is -3.85. The molecule has 0 radical (unpaired) electrons. The monoisotopic (exact) mass is 537 g/mol. The lowest BCUT2D eigenvalue weighted by Gasteiger charge is -2.31. The molecule has 2 amide bonds. The molecule has 0 unspecified atom stereocenters. The Bertz CT molecular complexity index is 1280. The summed E-state index contributed by atoms with van der Waals surface area (Å²) in [5, 5.41) is 2.87. The summed E-state index contributed by atoms with van der Waals surface area (Å²) in [6.45, 7) is 3.92. The first-order valence-corrected chi connectivity index (χ1v) is 14.5. The summed E-state index contributed by atoms with van der Waals surface area (Å²) in [6.07, 6.45) is 2.81. The zero-order valence-corrected chi connectivity index (χ0v) is 22.9. The highest BCUT2D eigenvalue weighted by atomic mass is 32.2. The molecule has 0 aliphatic carbocycles. The van der Waals surface area contributed by atoms with Crippen molar-refractivity contribution in [2.45, 2.75) is 39.3 Å². The molecule has 0 fully saturated rings. The van der Waals surface area contributed by atoms with Crippen LogP contribution in [0.3, 0.4) is 0 Å². The van der Waals surface area contributed by atoms with Crippen molar-refractivity contribution in [3.05, 3.63) is 90.5 Å². The molecule has 0 spiro atoms. The Morgan fingerprint density at radius 3 is 2.05 bits per heavy atom. The Balaban J connectivity index is 1.82. The number of unbranched alkanes of at least 4 members (excludes halogenated alkanes) is 1. The number of hydrogen-bond donors (Lipinski definition) is 1. The van der Waals surface area contributed by atoms with E-state index in [1.165, 1.54) is 4.90 Å². The number of amides is 2. The van der Waals surface area contributed by atoms with Gasteiger partial charge < -0.3 is 15.0 Å². The third-order valence-corrected chi connectivity index (χ3v) is 7.12. The molecule has 1 atom stereocenters. The average molecular weight is 538 g/mol. The standard InChI is InChI=1S/C29H35N3O5S/c1-4-5-20-30-29(34)23(2)31(21-24-12-8-6-9-13-24)28(33)22-32(38(3,35)36)25-16-18-27(19-17-25)37-26-14-10-7-11-15-26/h6-19,23H,4-5,20-22H2,1-3H3,(H,30,34)/t23-/m1/s1. The number of sulfonamides is 1. The summed E-state index contributed by atoms with van der Waals surface area (Å²) >= 11 is 0. The highest BCUT2D eigenvalue weighted by Crippen LogP contribution is 2.26. The molecule has 0 saturated carbocycles. The fourth-order valence-corrected chi connectivity index (χ4v) is 4.67. The number of anilines is 1.